The van der Waals surface area contributed by atoms with Crippen LogP contribution < -0.4 is 10.1 Å². The number of nitrogens with one attached hydrogen (secondary N) is 1. The highest BCUT2D eigenvalue weighted by Crippen LogP contribution is 2.12. The van der Waals surface area contributed by atoms with Gasteiger partial charge in [0, 0.05) is 0 Å². The minimum atomic E-state index is 0.933. The molecule has 1 aromatic rings. The van der Waals surface area contributed by atoms with Gasteiger partial charge in [-0.15, -0.1) is 0 Å². The van der Waals surface area contributed by atoms with Crippen molar-refractivity contribution >= 4 is 12.6 Å². The van der Waals surface area contributed by atoms with Gasteiger partial charge in [-0.2, -0.15) is 12.6 Å². The summed E-state index contributed by atoms with van der Waals surface area (Å²) in [6.07, 6.45) is 4.78. The first-order valence-corrected chi connectivity index (χ1v) is 6.94. The molecule has 0 aliphatic carbocycles. The van der Waals surface area contributed by atoms with Crippen molar-refractivity contribution < 1.29 is 4.74 Å². The van der Waals surface area contributed by atoms with Gasteiger partial charge in [0.15, 0.2) is 0 Å². The van der Waals surface area contributed by atoms with Gasteiger partial charge in [0.05, 0.1) is 7.11 Å². The van der Waals surface area contributed by atoms with E-state index >= 15 is 0 Å². The first-order chi connectivity index (χ1) is 8.36. The molecule has 1 N–H and O–H groups in total. The van der Waals surface area contributed by atoms with Crippen LogP contribution in [-0.4, -0.2) is 26.0 Å². The van der Waals surface area contributed by atoms with E-state index in [0.29, 0.717) is 0 Å². The molecule has 0 aromatic heterocycles. The van der Waals surface area contributed by atoms with Crippen LogP contribution in [0, 0.1) is 0 Å². The van der Waals surface area contributed by atoms with Crippen LogP contribution >= 0.6 is 12.6 Å². The number of aryl methyl sites for hydroxylation is 1. The molecule has 0 aliphatic heterocycles. The van der Waals surface area contributed by atoms with Gasteiger partial charge in [0.2, 0.25) is 0 Å². The highest BCUT2D eigenvalue weighted by Gasteiger charge is 1.95. The molecule has 1 rings (SSSR count). The Hall–Kier alpha value is -0.670. The third-order valence-corrected chi connectivity index (χ3v) is 3.06. The van der Waals surface area contributed by atoms with Gasteiger partial charge in [0.25, 0.3) is 0 Å². The van der Waals surface area contributed by atoms with E-state index in [4.69, 9.17) is 4.74 Å². The molecule has 17 heavy (non-hydrogen) atoms. The monoisotopic (exact) mass is 253 g/mol. The molecule has 96 valence electrons. The molecule has 0 unspecified atom stereocenters. The minimum absolute atomic E-state index is 0.933. The predicted octanol–water partition coefficient (Wildman–Crippen LogP) is 2.93. The van der Waals surface area contributed by atoms with Crippen molar-refractivity contribution in [3.8, 4) is 5.75 Å². The molecule has 0 aliphatic rings. The van der Waals surface area contributed by atoms with Crippen molar-refractivity contribution in [3.05, 3.63) is 29.8 Å². The molecule has 3 heteroatoms. The second-order valence-electron chi connectivity index (χ2n) is 4.13. The topological polar surface area (TPSA) is 21.3 Å². The van der Waals surface area contributed by atoms with Crippen molar-refractivity contribution in [2.45, 2.75) is 25.7 Å². The molecule has 2 nitrogen and oxygen atoms in total. The quantitative estimate of drug-likeness (QED) is 0.521. The van der Waals surface area contributed by atoms with Crippen molar-refractivity contribution in [2.75, 3.05) is 26.0 Å². The fourth-order valence-corrected chi connectivity index (χ4v) is 1.86. The van der Waals surface area contributed by atoms with Crippen molar-refractivity contribution in [1.82, 2.24) is 5.32 Å². The maximum absolute atomic E-state index is 5.13. The van der Waals surface area contributed by atoms with E-state index < -0.39 is 0 Å². The third-order valence-electron chi connectivity index (χ3n) is 2.74. The molecule has 0 fully saturated rings. The van der Waals surface area contributed by atoms with E-state index in [1.54, 1.807) is 7.11 Å². The average molecular weight is 253 g/mol. The molecule has 0 saturated carbocycles. The highest BCUT2D eigenvalue weighted by molar-refractivity contribution is 7.80. The van der Waals surface area contributed by atoms with Gasteiger partial charge < -0.3 is 10.1 Å². The van der Waals surface area contributed by atoms with Crippen molar-refractivity contribution in [2.24, 2.45) is 0 Å². The lowest BCUT2D eigenvalue weighted by atomic mass is 10.1. The maximum Gasteiger partial charge on any atom is 0.118 e. The molecule has 1 aromatic carbocycles. The fraction of sp³-hybridized carbons (Fsp3) is 0.571. The van der Waals surface area contributed by atoms with Gasteiger partial charge in [-0.05, 0) is 62.2 Å². The number of hydrogen-bond acceptors (Lipinski definition) is 3. The van der Waals surface area contributed by atoms with Crippen LogP contribution in [0.25, 0.3) is 0 Å². The minimum Gasteiger partial charge on any atom is -0.497 e. The molecule has 0 saturated heterocycles. The zero-order valence-electron chi connectivity index (χ0n) is 10.6. The number of thiol groups is 1. The Morgan fingerprint density at radius 1 is 1.06 bits per heavy atom. The summed E-state index contributed by atoms with van der Waals surface area (Å²) < 4.78 is 5.13. The summed E-state index contributed by atoms with van der Waals surface area (Å²) in [4.78, 5) is 0. The Balaban J connectivity index is 2.05. The van der Waals surface area contributed by atoms with E-state index in [-0.39, 0.29) is 0 Å². The molecular weight excluding hydrogens is 230 g/mol. The standard InChI is InChI=1S/C14H23NOS/c1-16-14-8-6-13(7-9-14)5-2-3-10-15-11-4-12-17/h6-9,15,17H,2-5,10-12H2,1H3. The number of hydrogen-bond donors (Lipinski definition) is 2. The summed E-state index contributed by atoms with van der Waals surface area (Å²) in [6.45, 7) is 2.20. The molecule has 0 heterocycles. The lowest BCUT2D eigenvalue weighted by Gasteiger charge is -2.05. The molecule has 0 radical (unpaired) electrons. The Labute approximate surface area is 110 Å². The van der Waals surface area contributed by atoms with Gasteiger partial charge in [-0.3, -0.25) is 0 Å². The fourth-order valence-electron chi connectivity index (χ4n) is 1.70. The number of ether oxygens (including phenoxy) is 1. The summed E-state index contributed by atoms with van der Waals surface area (Å²) in [5.41, 5.74) is 1.39. The third kappa shape index (κ3) is 6.59. The summed E-state index contributed by atoms with van der Waals surface area (Å²) in [5.74, 6) is 1.90. The molecule has 0 atom stereocenters. The average Bonchev–Trinajstić information content (AvgIpc) is 2.38. The number of benzene rings is 1. The van der Waals surface area contributed by atoms with Crippen LogP contribution in [0.15, 0.2) is 24.3 Å². The highest BCUT2D eigenvalue weighted by atomic mass is 32.1. The number of methoxy groups -OCH3 is 1. The smallest absolute Gasteiger partial charge is 0.118 e. The summed E-state index contributed by atoms with van der Waals surface area (Å²) >= 11 is 4.18. The lowest BCUT2D eigenvalue weighted by Crippen LogP contribution is -2.17. The zero-order valence-corrected chi connectivity index (χ0v) is 11.5. The van der Waals surface area contributed by atoms with Crippen LogP contribution in [-0.2, 0) is 6.42 Å². The summed E-state index contributed by atoms with van der Waals surface area (Å²) in [7, 11) is 1.70. The van der Waals surface area contributed by atoms with Crippen molar-refractivity contribution in [1.29, 1.82) is 0 Å². The summed E-state index contributed by atoms with van der Waals surface area (Å²) in [6, 6.07) is 8.35. The Morgan fingerprint density at radius 2 is 1.76 bits per heavy atom. The number of rotatable bonds is 9. The molecule has 0 spiro atoms. The molecule has 0 bridgehead atoms. The SMILES string of the molecule is COc1ccc(CCCCNCCCS)cc1. The largest absolute Gasteiger partial charge is 0.497 e. The van der Waals surface area contributed by atoms with Crippen LogP contribution in [0.3, 0.4) is 0 Å². The van der Waals surface area contributed by atoms with E-state index in [0.717, 1.165) is 37.4 Å². The van der Waals surface area contributed by atoms with Gasteiger partial charge in [0.1, 0.15) is 5.75 Å². The predicted molar refractivity (Wildman–Crippen MR) is 77.3 cm³/mol. The van der Waals surface area contributed by atoms with Crippen LogP contribution in [0.4, 0.5) is 0 Å². The molecular formula is C14H23NOS. The van der Waals surface area contributed by atoms with Crippen molar-refractivity contribution in [3.63, 3.8) is 0 Å². The Morgan fingerprint density at radius 3 is 2.41 bits per heavy atom. The van der Waals surface area contributed by atoms with E-state index in [9.17, 15) is 0 Å². The van der Waals surface area contributed by atoms with Crippen LogP contribution in [0.2, 0.25) is 0 Å². The lowest BCUT2D eigenvalue weighted by molar-refractivity contribution is 0.414. The van der Waals surface area contributed by atoms with E-state index in [1.165, 1.54) is 18.4 Å². The van der Waals surface area contributed by atoms with E-state index in [2.05, 4.69) is 30.1 Å². The van der Waals surface area contributed by atoms with Gasteiger partial charge >= 0.3 is 0 Å². The maximum atomic E-state index is 5.13. The number of unbranched alkanes of at least 4 members (excludes halogenated alkanes) is 1. The normalized spacial score (nSPS) is 10.5. The van der Waals surface area contributed by atoms with Crippen LogP contribution in [0.1, 0.15) is 24.8 Å². The van der Waals surface area contributed by atoms with E-state index in [1.807, 2.05) is 12.1 Å². The summed E-state index contributed by atoms with van der Waals surface area (Å²) in [5, 5.41) is 3.42. The first kappa shape index (κ1) is 14.4. The van der Waals surface area contributed by atoms with Gasteiger partial charge in [-0.1, -0.05) is 12.1 Å². The van der Waals surface area contributed by atoms with Crippen LogP contribution in [0.5, 0.6) is 5.75 Å². The van der Waals surface area contributed by atoms with Gasteiger partial charge in [-0.25, -0.2) is 0 Å². The molecule has 0 amide bonds. The Bertz CT molecular complexity index is 287. The first-order valence-electron chi connectivity index (χ1n) is 6.31. The zero-order chi connectivity index (χ0) is 12.3. The second-order valence-corrected chi connectivity index (χ2v) is 4.58. The Kier molecular flexibility index (Phi) is 7.93. The second kappa shape index (κ2) is 9.37.